The molecule has 1 saturated carbocycles. The van der Waals surface area contributed by atoms with Gasteiger partial charge in [-0.2, -0.15) is 0 Å². The molecule has 22 heavy (non-hydrogen) atoms. The van der Waals surface area contributed by atoms with Gasteiger partial charge >= 0.3 is 0 Å². The predicted octanol–water partition coefficient (Wildman–Crippen LogP) is 2.53. The average molecular weight is 302 g/mol. The van der Waals surface area contributed by atoms with Gasteiger partial charge in [-0.05, 0) is 32.4 Å². The average Bonchev–Trinajstić information content (AvgIpc) is 3.05. The van der Waals surface area contributed by atoms with Crippen LogP contribution < -0.4 is 10.6 Å². The van der Waals surface area contributed by atoms with Crippen LogP contribution in [0.25, 0.3) is 0 Å². The minimum absolute atomic E-state index is 0.782. The summed E-state index contributed by atoms with van der Waals surface area (Å²) in [5.74, 6) is 0.876. The van der Waals surface area contributed by atoms with Gasteiger partial charge in [0, 0.05) is 32.7 Å². The number of hydrogen-bond acceptors (Lipinski definition) is 2. The molecule has 1 fully saturated rings. The summed E-state index contributed by atoms with van der Waals surface area (Å²) in [4.78, 5) is 6.78. The molecule has 0 amide bonds. The Bertz CT molecular complexity index is 478. The number of rotatable bonds is 6. The molecule has 0 heterocycles. The number of likely N-dealkylation sites (N-methyl/N-ethyl adjacent to an activating group) is 1. The number of aliphatic imine (C=N–C) groups is 1. The third-order valence-corrected chi connectivity index (χ3v) is 4.47. The van der Waals surface area contributed by atoms with Gasteiger partial charge in [-0.25, -0.2) is 0 Å². The molecule has 0 aliphatic heterocycles. The predicted molar refractivity (Wildman–Crippen MR) is 94.3 cm³/mol. The second kappa shape index (κ2) is 8.79. The van der Waals surface area contributed by atoms with E-state index in [-0.39, 0.29) is 0 Å². The number of nitrogens with one attached hydrogen (secondary N) is 2. The molecule has 1 aliphatic rings. The Morgan fingerprint density at radius 1 is 1.27 bits per heavy atom. The summed E-state index contributed by atoms with van der Waals surface area (Å²) < 4.78 is 0. The van der Waals surface area contributed by atoms with Gasteiger partial charge in [0.25, 0.3) is 0 Å². The molecule has 0 radical (unpaired) electrons. The van der Waals surface area contributed by atoms with E-state index in [2.05, 4.69) is 58.8 Å². The SMILES string of the molecule is CN=C(NCCN(C)C1CCCC1)NCc1cccc(C)c1. The van der Waals surface area contributed by atoms with Crippen LogP contribution in [0.2, 0.25) is 0 Å². The summed E-state index contributed by atoms with van der Waals surface area (Å²) in [7, 11) is 4.06. The summed E-state index contributed by atoms with van der Waals surface area (Å²) in [5.41, 5.74) is 2.58. The van der Waals surface area contributed by atoms with Crippen LogP contribution in [0.5, 0.6) is 0 Å². The van der Waals surface area contributed by atoms with E-state index in [1.54, 1.807) is 0 Å². The zero-order chi connectivity index (χ0) is 15.8. The fraction of sp³-hybridized carbons (Fsp3) is 0.611. The van der Waals surface area contributed by atoms with Crippen LogP contribution in [0.1, 0.15) is 36.8 Å². The third kappa shape index (κ3) is 5.34. The molecule has 0 spiro atoms. The van der Waals surface area contributed by atoms with Crippen LogP contribution in [-0.2, 0) is 6.54 Å². The van der Waals surface area contributed by atoms with Gasteiger partial charge in [0.2, 0.25) is 0 Å². The number of nitrogens with zero attached hydrogens (tertiary/aromatic N) is 2. The Kier molecular flexibility index (Phi) is 6.72. The standard InChI is InChI=1S/C18H30N4/c1-15-7-6-8-16(13-15)14-21-18(19-2)20-11-12-22(3)17-9-4-5-10-17/h6-8,13,17H,4-5,9-12,14H2,1-3H3,(H2,19,20,21). The molecule has 4 heteroatoms. The minimum Gasteiger partial charge on any atom is -0.355 e. The lowest BCUT2D eigenvalue weighted by Crippen LogP contribution is -2.42. The molecule has 4 nitrogen and oxygen atoms in total. The van der Waals surface area contributed by atoms with Crippen LogP contribution >= 0.6 is 0 Å². The van der Waals surface area contributed by atoms with Crippen LogP contribution in [0, 0.1) is 6.92 Å². The third-order valence-electron chi connectivity index (χ3n) is 4.47. The Morgan fingerprint density at radius 2 is 2.05 bits per heavy atom. The molecule has 0 bridgehead atoms. The first kappa shape index (κ1) is 16.8. The second-order valence-electron chi connectivity index (χ2n) is 6.26. The molecule has 0 saturated heterocycles. The maximum Gasteiger partial charge on any atom is 0.191 e. The van der Waals surface area contributed by atoms with E-state index in [1.165, 1.54) is 36.8 Å². The van der Waals surface area contributed by atoms with Crippen molar-refractivity contribution in [2.45, 2.75) is 45.2 Å². The summed E-state index contributed by atoms with van der Waals surface area (Å²) >= 11 is 0. The number of guanidine groups is 1. The number of benzene rings is 1. The van der Waals surface area contributed by atoms with E-state index in [1.807, 2.05) is 7.05 Å². The van der Waals surface area contributed by atoms with Crippen molar-refractivity contribution in [2.75, 3.05) is 27.2 Å². The van der Waals surface area contributed by atoms with E-state index >= 15 is 0 Å². The Morgan fingerprint density at radius 3 is 2.73 bits per heavy atom. The van der Waals surface area contributed by atoms with Crippen LogP contribution in [0.15, 0.2) is 29.3 Å². The largest absolute Gasteiger partial charge is 0.355 e. The van der Waals surface area contributed by atoms with Gasteiger partial charge in [0.1, 0.15) is 0 Å². The minimum atomic E-state index is 0.782. The summed E-state index contributed by atoms with van der Waals surface area (Å²) in [6, 6.07) is 9.34. The lowest BCUT2D eigenvalue weighted by Gasteiger charge is -2.24. The van der Waals surface area contributed by atoms with Crippen LogP contribution in [0.3, 0.4) is 0 Å². The normalized spacial score (nSPS) is 16.3. The van der Waals surface area contributed by atoms with Crippen molar-refractivity contribution < 1.29 is 0 Å². The van der Waals surface area contributed by atoms with Crippen molar-refractivity contribution in [1.29, 1.82) is 0 Å². The van der Waals surface area contributed by atoms with Crippen LogP contribution in [0.4, 0.5) is 0 Å². The fourth-order valence-electron chi connectivity index (χ4n) is 3.11. The molecule has 0 unspecified atom stereocenters. The van der Waals surface area contributed by atoms with Gasteiger partial charge in [-0.15, -0.1) is 0 Å². The topological polar surface area (TPSA) is 39.7 Å². The van der Waals surface area contributed by atoms with Crippen molar-refractivity contribution in [2.24, 2.45) is 4.99 Å². The molecule has 2 rings (SSSR count). The first-order chi connectivity index (χ1) is 10.7. The van der Waals surface area contributed by atoms with Crippen molar-refractivity contribution in [3.8, 4) is 0 Å². The highest BCUT2D eigenvalue weighted by Gasteiger charge is 2.18. The zero-order valence-corrected chi connectivity index (χ0v) is 14.2. The smallest absolute Gasteiger partial charge is 0.191 e. The molecular weight excluding hydrogens is 272 g/mol. The molecule has 122 valence electrons. The maximum atomic E-state index is 4.30. The molecule has 1 aromatic carbocycles. The summed E-state index contributed by atoms with van der Waals surface area (Å²) in [6.07, 6.45) is 5.50. The maximum absolute atomic E-state index is 4.30. The van der Waals surface area contributed by atoms with Crippen molar-refractivity contribution >= 4 is 5.96 Å². The van der Waals surface area contributed by atoms with E-state index in [0.29, 0.717) is 0 Å². The van der Waals surface area contributed by atoms with Crippen molar-refractivity contribution in [3.05, 3.63) is 35.4 Å². The number of hydrogen-bond donors (Lipinski definition) is 2. The molecule has 1 aromatic rings. The highest BCUT2D eigenvalue weighted by molar-refractivity contribution is 5.79. The Labute approximate surface area is 135 Å². The highest BCUT2D eigenvalue weighted by Crippen LogP contribution is 2.21. The van der Waals surface area contributed by atoms with E-state index in [0.717, 1.165) is 31.6 Å². The van der Waals surface area contributed by atoms with Gasteiger partial charge in [-0.1, -0.05) is 42.7 Å². The Hall–Kier alpha value is -1.55. The lowest BCUT2D eigenvalue weighted by molar-refractivity contribution is 0.249. The van der Waals surface area contributed by atoms with Gasteiger partial charge in [0.05, 0.1) is 0 Å². The summed E-state index contributed by atoms with van der Waals surface area (Å²) in [6.45, 7) is 4.92. The first-order valence-electron chi connectivity index (χ1n) is 8.39. The van der Waals surface area contributed by atoms with E-state index in [4.69, 9.17) is 0 Å². The molecular formula is C18H30N4. The van der Waals surface area contributed by atoms with Gasteiger partial charge in [-0.3, -0.25) is 4.99 Å². The van der Waals surface area contributed by atoms with Gasteiger partial charge in [0.15, 0.2) is 5.96 Å². The monoisotopic (exact) mass is 302 g/mol. The lowest BCUT2D eigenvalue weighted by atomic mass is 10.1. The van der Waals surface area contributed by atoms with E-state index in [9.17, 15) is 0 Å². The first-order valence-corrected chi connectivity index (χ1v) is 8.39. The Balaban J connectivity index is 1.68. The van der Waals surface area contributed by atoms with E-state index < -0.39 is 0 Å². The molecule has 1 aliphatic carbocycles. The quantitative estimate of drug-likeness (QED) is 0.626. The molecule has 2 N–H and O–H groups in total. The number of aryl methyl sites for hydroxylation is 1. The molecule has 0 aromatic heterocycles. The van der Waals surface area contributed by atoms with Gasteiger partial charge < -0.3 is 15.5 Å². The summed E-state index contributed by atoms with van der Waals surface area (Å²) in [5, 5.41) is 6.78. The highest BCUT2D eigenvalue weighted by atomic mass is 15.2. The second-order valence-corrected chi connectivity index (χ2v) is 6.26. The zero-order valence-electron chi connectivity index (χ0n) is 14.2. The van der Waals surface area contributed by atoms with Crippen molar-refractivity contribution in [3.63, 3.8) is 0 Å². The fourth-order valence-corrected chi connectivity index (χ4v) is 3.11. The van der Waals surface area contributed by atoms with Crippen molar-refractivity contribution in [1.82, 2.24) is 15.5 Å². The van der Waals surface area contributed by atoms with Crippen LogP contribution in [-0.4, -0.2) is 44.1 Å². The molecule has 0 atom stereocenters.